The normalized spacial score (nSPS) is 10.5. The van der Waals surface area contributed by atoms with Crippen LogP contribution in [0.2, 0.25) is 5.02 Å². The molecule has 0 aliphatic carbocycles. The number of carbonyl (C=O) groups is 2. The summed E-state index contributed by atoms with van der Waals surface area (Å²) in [5.74, 6) is 0.000498. The van der Waals surface area contributed by atoms with Crippen LogP contribution >= 0.6 is 11.6 Å². The average Bonchev–Trinajstić information content (AvgIpc) is 2.62. The van der Waals surface area contributed by atoms with Gasteiger partial charge in [-0.15, -0.1) is 0 Å². The fraction of sp³-hybridized carbons (Fsp3) is 0.364. The summed E-state index contributed by atoms with van der Waals surface area (Å²) in [4.78, 5) is 28.2. The Kier molecular flexibility index (Phi) is 7.86. The Morgan fingerprint density at radius 3 is 2.41 bits per heavy atom. The molecule has 0 unspecified atom stereocenters. The van der Waals surface area contributed by atoms with Crippen LogP contribution in [0.25, 0.3) is 0 Å². The number of aryl methyl sites for hydroxylation is 1. The number of anilines is 1. The van der Waals surface area contributed by atoms with Crippen molar-refractivity contribution in [2.45, 2.75) is 33.6 Å². The van der Waals surface area contributed by atoms with Crippen LogP contribution in [0.15, 0.2) is 48.5 Å². The molecule has 0 bridgehead atoms. The Hall–Kier alpha value is -2.33. The molecular formula is C22H27ClN2O2. The smallest absolute Gasteiger partial charge is 0.228 e. The van der Waals surface area contributed by atoms with Crippen LogP contribution in [0.5, 0.6) is 0 Å². The Morgan fingerprint density at radius 2 is 1.78 bits per heavy atom. The predicted octanol–water partition coefficient (Wildman–Crippen LogP) is 4.48. The molecule has 0 saturated heterocycles. The quantitative estimate of drug-likeness (QED) is 0.671. The fourth-order valence-electron chi connectivity index (χ4n) is 3.05. The van der Waals surface area contributed by atoms with E-state index in [-0.39, 0.29) is 11.8 Å². The molecule has 0 fully saturated rings. The number of benzene rings is 2. The summed E-state index contributed by atoms with van der Waals surface area (Å²) >= 11 is 6.01. The van der Waals surface area contributed by atoms with Crippen molar-refractivity contribution >= 4 is 29.1 Å². The Labute approximate surface area is 166 Å². The van der Waals surface area contributed by atoms with E-state index in [1.165, 1.54) is 0 Å². The largest absolute Gasteiger partial charge is 0.342 e. The molecule has 2 amide bonds. The number of hydrogen-bond acceptors (Lipinski definition) is 2. The molecule has 0 aliphatic heterocycles. The number of rotatable bonds is 8. The van der Waals surface area contributed by atoms with Gasteiger partial charge < -0.3 is 9.80 Å². The van der Waals surface area contributed by atoms with Gasteiger partial charge in [-0.2, -0.15) is 0 Å². The molecule has 0 heterocycles. The topological polar surface area (TPSA) is 40.6 Å². The second-order valence-electron chi connectivity index (χ2n) is 6.61. The van der Waals surface area contributed by atoms with E-state index < -0.39 is 0 Å². The van der Waals surface area contributed by atoms with Gasteiger partial charge in [0.15, 0.2) is 0 Å². The summed E-state index contributed by atoms with van der Waals surface area (Å²) in [5.41, 5.74) is 3.09. The molecule has 4 nitrogen and oxygen atoms in total. The Morgan fingerprint density at radius 1 is 1.04 bits per heavy atom. The van der Waals surface area contributed by atoms with E-state index >= 15 is 0 Å². The van der Waals surface area contributed by atoms with Crippen molar-refractivity contribution in [3.05, 3.63) is 64.7 Å². The molecule has 0 atom stereocenters. The van der Waals surface area contributed by atoms with Crippen molar-refractivity contribution in [2.24, 2.45) is 0 Å². The van der Waals surface area contributed by atoms with Crippen molar-refractivity contribution in [3.8, 4) is 0 Å². The van der Waals surface area contributed by atoms with Crippen molar-refractivity contribution < 1.29 is 9.59 Å². The molecule has 5 heteroatoms. The summed E-state index contributed by atoms with van der Waals surface area (Å²) in [6, 6.07) is 15.5. The highest BCUT2D eigenvalue weighted by molar-refractivity contribution is 6.30. The van der Waals surface area contributed by atoms with Crippen molar-refractivity contribution in [3.63, 3.8) is 0 Å². The lowest BCUT2D eigenvalue weighted by Gasteiger charge is -2.25. The average molecular weight is 387 g/mol. The minimum Gasteiger partial charge on any atom is -0.342 e. The van der Waals surface area contributed by atoms with Crippen molar-refractivity contribution in [1.29, 1.82) is 0 Å². The van der Waals surface area contributed by atoms with Crippen LogP contribution < -0.4 is 4.90 Å². The highest BCUT2D eigenvalue weighted by atomic mass is 35.5. The lowest BCUT2D eigenvalue weighted by molar-refractivity contribution is -0.129. The van der Waals surface area contributed by atoms with Gasteiger partial charge in [-0.1, -0.05) is 35.9 Å². The monoisotopic (exact) mass is 386 g/mol. The molecule has 2 aromatic rings. The number of nitrogens with zero attached hydrogens (tertiary/aromatic N) is 2. The maximum atomic E-state index is 12.7. The van der Waals surface area contributed by atoms with Gasteiger partial charge in [-0.05, 0) is 55.7 Å². The zero-order chi connectivity index (χ0) is 19.8. The zero-order valence-electron chi connectivity index (χ0n) is 16.2. The number of hydrogen-bond donors (Lipinski definition) is 0. The highest BCUT2D eigenvalue weighted by Gasteiger charge is 2.17. The molecule has 0 spiro atoms. The van der Waals surface area contributed by atoms with E-state index in [1.54, 1.807) is 16.7 Å². The van der Waals surface area contributed by atoms with E-state index in [1.807, 2.05) is 62.4 Å². The van der Waals surface area contributed by atoms with E-state index in [4.69, 9.17) is 11.6 Å². The first-order chi connectivity index (χ1) is 12.9. The molecule has 2 aromatic carbocycles. The van der Waals surface area contributed by atoms with E-state index in [0.717, 1.165) is 16.8 Å². The van der Waals surface area contributed by atoms with Gasteiger partial charge in [0, 0.05) is 43.7 Å². The Balaban J connectivity index is 1.95. The van der Waals surface area contributed by atoms with E-state index in [2.05, 4.69) is 0 Å². The van der Waals surface area contributed by atoms with Gasteiger partial charge >= 0.3 is 0 Å². The maximum absolute atomic E-state index is 12.7. The van der Waals surface area contributed by atoms with Gasteiger partial charge in [0.05, 0.1) is 0 Å². The van der Waals surface area contributed by atoms with Gasteiger partial charge in [0.1, 0.15) is 0 Å². The van der Waals surface area contributed by atoms with Gasteiger partial charge in [0.25, 0.3) is 0 Å². The van der Waals surface area contributed by atoms with Crippen molar-refractivity contribution in [1.82, 2.24) is 4.90 Å². The van der Waals surface area contributed by atoms with Crippen LogP contribution in [-0.4, -0.2) is 36.3 Å². The third-order valence-electron chi connectivity index (χ3n) is 4.53. The molecule has 0 aromatic heterocycles. The first kappa shape index (κ1) is 21.0. The molecular weight excluding hydrogens is 360 g/mol. The highest BCUT2D eigenvalue weighted by Crippen LogP contribution is 2.17. The molecule has 27 heavy (non-hydrogen) atoms. The van der Waals surface area contributed by atoms with Gasteiger partial charge in [-0.3, -0.25) is 9.59 Å². The summed E-state index contributed by atoms with van der Waals surface area (Å²) in [6.45, 7) is 7.10. The first-order valence-electron chi connectivity index (χ1n) is 9.27. The SMILES string of the molecule is CCN(C(=O)CCN(CCc1cccc(Cl)c1)C(C)=O)c1cccc(C)c1. The second-order valence-corrected chi connectivity index (χ2v) is 7.05. The van der Waals surface area contributed by atoms with Crippen LogP contribution in [-0.2, 0) is 16.0 Å². The van der Waals surface area contributed by atoms with Gasteiger partial charge in [-0.25, -0.2) is 0 Å². The standard InChI is InChI=1S/C22H27ClN2O2/c1-4-25(21-10-5-7-17(2)15-21)22(27)12-14-24(18(3)26)13-11-19-8-6-9-20(23)16-19/h5-10,15-16H,4,11-14H2,1-3H3. The molecule has 2 rings (SSSR count). The third kappa shape index (κ3) is 6.40. The summed E-state index contributed by atoms with van der Waals surface area (Å²) in [5, 5.41) is 0.689. The maximum Gasteiger partial charge on any atom is 0.228 e. The van der Waals surface area contributed by atoms with E-state index in [0.29, 0.717) is 37.5 Å². The lowest BCUT2D eigenvalue weighted by Crippen LogP contribution is -2.37. The third-order valence-corrected chi connectivity index (χ3v) is 4.77. The van der Waals surface area contributed by atoms with Crippen molar-refractivity contribution in [2.75, 3.05) is 24.5 Å². The molecule has 144 valence electrons. The number of amides is 2. The molecule has 0 aliphatic rings. The molecule has 0 radical (unpaired) electrons. The van der Waals surface area contributed by atoms with E-state index in [9.17, 15) is 9.59 Å². The molecule has 0 saturated carbocycles. The van der Waals surface area contributed by atoms with Crippen LogP contribution in [0.3, 0.4) is 0 Å². The first-order valence-corrected chi connectivity index (χ1v) is 9.65. The van der Waals surface area contributed by atoms with Crippen LogP contribution in [0.1, 0.15) is 31.4 Å². The number of halogens is 1. The minimum absolute atomic E-state index is 0.0246. The summed E-state index contributed by atoms with van der Waals surface area (Å²) < 4.78 is 0. The molecule has 0 N–H and O–H groups in total. The zero-order valence-corrected chi connectivity index (χ0v) is 17.0. The Bertz CT molecular complexity index is 791. The van der Waals surface area contributed by atoms with Crippen LogP contribution in [0, 0.1) is 6.92 Å². The second kappa shape index (κ2) is 10.1. The minimum atomic E-state index is -0.0246. The summed E-state index contributed by atoms with van der Waals surface area (Å²) in [7, 11) is 0. The van der Waals surface area contributed by atoms with Crippen LogP contribution in [0.4, 0.5) is 5.69 Å². The fourth-order valence-corrected chi connectivity index (χ4v) is 3.26. The van der Waals surface area contributed by atoms with Gasteiger partial charge in [0.2, 0.25) is 11.8 Å². The number of carbonyl (C=O) groups excluding carboxylic acids is 2. The predicted molar refractivity (Wildman–Crippen MR) is 111 cm³/mol. The lowest BCUT2D eigenvalue weighted by atomic mass is 10.1. The summed E-state index contributed by atoms with van der Waals surface area (Å²) in [6.07, 6.45) is 1.01.